The van der Waals surface area contributed by atoms with Gasteiger partial charge in [0.2, 0.25) is 0 Å². The molecular formula is C18H20Cl3NO2. The van der Waals surface area contributed by atoms with Crippen molar-refractivity contribution in [2.24, 2.45) is 0 Å². The zero-order valence-corrected chi connectivity index (χ0v) is 15.9. The minimum Gasteiger partial charge on any atom is -0.493 e. The average molecular weight is 389 g/mol. The first-order valence-corrected chi connectivity index (χ1v) is 8.82. The van der Waals surface area contributed by atoms with Crippen LogP contribution in [0.2, 0.25) is 15.1 Å². The van der Waals surface area contributed by atoms with E-state index >= 15 is 0 Å². The van der Waals surface area contributed by atoms with Gasteiger partial charge in [-0.3, -0.25) is 0 Å². The van der Waals surface area contributed by atoms with Gasteiger partial charge in [0.1, 0.15) is 6.61 Å². The molecule has 2 aromatic carbocycles. The molecule has 0 spiro atoms. The molecule has 0 fully saturated rings. The SMILES string of the molecule is CCCNCc1cc(Cl)c(OCc2ccc(Cl)cc2Cl)c(OC)c1. The van der Waals surface area contributed by atoms with Crippen LogP contribution in [0, 0.1) is 0 Å². The number of hydrogen-bond donors (Lipinski definition) is 1. The normalized spacial score (nSPS) is 10.7. The molecule has 0 aliphatic heterocycles. The highest BCUT2D eigenvalue weighted by Gasteiger charge is 2.13. The van der Waals surface area contributed by atoms with Crippen LogP contribution in [0.3, 0.4) is 0 Å². The average Bonchev–Trinajstić information content (AvgIpc) is 2.55. The summed E-state index contributed by atoms with van der Waals surface area (Å²) in [6.07, 6.45) is 1.08. The second-order valence-corrected chi connectivity index (χ2v) is 6.56. The number of halogens is 3. The second-order valence-electron chi connectivity index (χ2n) is 5.31. The first-order valence-electron chi connectivity index (χ1n) is 7.69. The topological polar surface area (TPSA) is 30.5 Å². The summed E-state index contributed by atoms with van der Waals surface area (Å²) in [5.74, 6) is 1.10. The fraction of sp³-hybridized carbons (Fsp3) is 0.333. The van der Waals surface area contributed by atoms with E-state index < -0.39 is 0 Å². The predicted molar refractivity (Wildman–Crippen MR) is 101 cm³/mol. The molecule has 2 aromatic rings. The van der Waals surface area contributed by atoms with E-state index in [1.807, 2.05) is 18.2 Å². The van der Waals surface area contributed by atoms with E-state index in [4.69, 9.17) is 44.3 Å². The van der Waals surface area contributed by atoms with Crippen LogP contribution in [0.25, 0.3) is 0 Å². The van der Waals surface area contributed by atoms with Gasteiger partial charge in [-0.1, -0.05) is 47.8 Å². The Labute approximate surface area is 157 Å². The zero-order chi connectivity index (χ0) is 17.5. The highest BCUT2D eigenvalue weighted by atomic mass is 35.5. The quantitative estimate of drug-likeness (QED) is 0.585. The monoisotopic (exact) mass is 387 g/mol. The Hall–Kier alpha value is -1.13. The van der Waals surface area contributed by atoms with Gasteiger partial charge in [0.25, 0.3) is 0 Å². The summed E-state index contributed by atoms with van der Waals surface area (Å²) in [6, 6.07) is 9.09. The third-order valence-corrected chi connectivity index (χ3v) is 4.30. The molecule has 0 radical (unpaired) electrons. The molecule has 0 aromatic heterocycles. The number of rotatable bonds is 8. The van der Waals surface area contributed by atoms with Crippen LogP contribution >= 0.6 is 34.8 Å². The lowest BCUT2D eigenvalue weighted by atomic mass is 10.2. The van der Waals surface area contributed by atoms with Crippen molar-refractivity contribution < 1.29 is 9.47 Å². The maximum absolute atomic E-state index is 6.37. The molecule has 0 bridgehead atoms. The maximum Gasteiger partial charge on any atom is 0.180 e. The molecule has 130 valence electrons. The van der Waals surface area contributed by atoms with Crippen molar-refractivity contribution in [1.82, 2.24) is 5.32 Å². The zero-order valence-electron chi connectivity index (χ0n) is 13.7. The molecular weight excluding hydrogens is 369 g/mol. The second kappa shape index (κ2) is 9.38. The van der Waals surface area contributed by atoms with Gasteiger partial charge in [-0.05, 0) is 42.8 Å². The lowest BCUT2D eigenvalue weighted by Gasteiger charge is -2.15. The summed E-state index contributed by atoms with van der Waals surface area (Å²) in [6.45, 7) is 4.08. The molecule has 0 saturated carbocycles. The molecule has 1 N–H and O–H groups in total. The molecule has 0 heterocycles. The summed E-state index contributed by atoms with van der Waals surface area (Å²) in [5.41, 5.74) is 1.87. The Morgan fingerprint density at radius 1 is 1.04 bits per heavy atom. The highest BCUT2D eigenvalue weighted by molar-refractivity contribution is 6.35. The molecule has 0 unspecified atom stereocenters. The van der Waals surface area contributed by atoms with Crippen molar-refractivity contribution in [2.75, 3.05) is 13.7 Å². The minimum absolute atomic E-state index is 0.277. The number of benzene rings is 2. The van der Waals surface area contributed by atoms with Crippen molar-refractivity contribution >= 4 is 34.8 Å². The summed E-state index contributed by atoms with van der Waals surface area (Å²) in [7, 11) is 1.59. The first-order chi connectivity index (χ1) is 11.5. The lowest BCUT2D eigenvalue weighted by molar-refractivity contribution is 0.284. The molecule has 0 atom stereocenters. The summed E-state index contributed by atoms with van der Waals surface area (Å²) in [5, 5.41) is 4.98. The van der Waals surface area contributed by atoms with Gasteiger partial charge in [0.05, 0.1) is 12.1 Å². The van der Waals surface area contributed by atoms with Crippen LogP contribution in [0.5, 0.6) is 11.5 Å². The number of ether oxygens (including phenoxy) is 2. The first kappa shape index (κ1) is 19.2. The highest BCUT2D eigenvalue weighted by Crippen LogP contribution is 2.37. The molecule has 3 nitrogen and oxygen atoms in total. The van der Waals surface area contributed by atoms with E-state index in [1.54, 1.807) is 19.2 Å². The smallest absolute Gasteiger partial charge is 0.180 e. The van der Waals surface area contributed by atoms with Gasteiger partial charge in [0, 0.05) is 22.2 Å². The molecule has 6 heteroatoms. The molecule has 2 rings (SSSR count). The van der Waals surface area contributed by atoms with Gasteiger partial charge in [0.15, 0.2) is 11.5 Å². The van der Waals surface area contributed by atoms with Crippen LogP contribution in [0.4, 0.5) is 0 Å². The molecule has 24 heavy (non-hydrogen) atoms. The van der Waals surface area contributed by atoms with Gasteiger partial charge in [-0.25, -0.2) is 0 Å². The standard InChI is InChI=1S/C18H20Cl3NO2/c1-3-6-22-10-12-7-16(21)18(17(8-12)23-2)24-11-13-4-5-14(19)9-15(13)20/h4-5,7-9,22H,3,6,10-11H2,1-2H3. The Balaban J connectivity index is 2.14. The van der Waals surface area contributed by atoms with E-state index in [1.165, 1.54) is 0 Å². The fourth-order valence-corrected chi connectivity index (χ4v) is 2.96. The van der Waals surface area contributed by atoms with Crippen LogP contribution in [0.1, 0.15) is 24.5 Å². The maximum atomic E-state index is 6.37. The van der Waals surface area contributed by atoms with Gasteiger partial charge < -0.3 is 14.8 Å². The van der Waals surface area contributed by atoms with Gasteiger partial charge in [-0.2, -0.15) is 0 Å². The van der Waals surface area contributed by atoms with Gasteiger partial charge in [-0.15, -0.1) is 0 Å². The van der Waals surface area contributed by atoms with Crippen molar-refractivity contribution in [3.8, 4) is 11.5 Å². The summed E-state index contributed by atoms with van der Waals surface area (Å²) >= 11 is 18.4. The van der Waals surface area contributed by atoms with E-state index in [-0.39, 0.29) is 6.61 Å². The lowest BCUT2D eigenvalue weighted by Crippen LogP contribution is -2.14. The Kier molecular flexibility index (Phi) is 7.50. The Morgan fingerprint density at radius 3 is 2.50 bits per heavy atom. The van der Waals surface area contributed by atoms with Crippen LogP contribution in [-0.2, 0) is 13.2 Å². The van der Waals surface area contributed by atoms with Gasteiger partial charge >= 0.3 is 0 Å². The minimum atomic E-state index is 0.277. The van der Waals surface area contributed by atoms with Crippen LogP contribution in [0.15, 0.2) is 30.3 Å². The van der Waals surface area contributed by atoms with Crippen molar-refractivity contribution in [3.63, 3.8) is 0 Å². The van der Waals surface area contributed by atoms with E-state index in [9.17, 15) is 0 Å². The van der Waals surface area contributed by atoms with E-state index in [2.05, 4.69) is 12.2 Å². The largest absolute Gasteiger partial charge is 0.493 e. The third-order valence-electron chi connectivity index (χ3n) is 3.43. The summed E-state index contributed by atoms with van der Waals surface area (Å²) in [4.78, 5) is 0. The Bertz CT molecular complexity index is 692. The predicted octanol–water partition coefficient (Wildman–Crippen LogP) is 5.73. The van der Waals surface area contributed by atoms with Crippen LogP contribution in [-0.4, -0.2) is 13.7 Å². The molecule has 0 aliphatic rings. The third kappa shape index (κ3) is 5.18. The fourth-order valence-electron chi connectivity index (χ4n) is 2.21. The summed E-state index contributed by atoms with van der Waals surface area (Å²) < 4.78 is 11.3. The van der Waals surface area contributed by atoms with E-state index in [0.29, 0.717) is 26.6 Å². The number of hydrogen-bond acceptors (Lipinski definition) is 3. The number of methoxy groups -OCH3 is 1. The molecule has 0 aliphatic carbocycles. The molecule has 0 amide bonds. The number of nitrogens with one attached hydrogen (secondary N) is 1. The van der Waals surface area contributed by atoms with Crippen LogP contribution < -0.4 is 14.8 Å². The molecule has 0 saturated heterocycles. The van der Waals surface area contributed by atoms with Crippen molar-refractivity contribution in [3.05, 3.63) is 56.5 Å². The van der Waals surface area contributed by atoms with Crippen molar-refractivity contribution in [2.45, 2.75) is 26.5 Å². The Morgan fingerprint density at radius 2 is 1.83 bits per heavy atom. The van der Waals surface area contributed by atoms with E-state index in [0.717, 1.165) is 30.6 Å². The van der Waals surface area contributed by atoms with Crippen molar-refractivity contribution in [1.29, 1.82) is 0 Å².